The molecule has 92 valence electrons. The van der Waals surface area contributed by atoms with E-state index in [-0.39, 0.29) is 6.54 Å². The maximum atomic E-state index is 11.6. The van der Waals surface area contributed by atoms with Crippen LogP contribution in [0.5, 0.6) is 0 Å². The van der Waals surface area contributed by atoms with E-state index >= 15 is 0 Å². The Morgan fingerprint density at radius 3 is 3.00 bits per heavy atom. The molecule has 0 saturated heterocycles. The minimum atomic E-state index is -1.21. The number of carbonyl (C=O) groups is 1. The molecule has 1 aliphatic rings. The molecule has 0 radical (unpaired) electrons. The van der Waals surface area contributed by atoms with Gasteiger partial charge in [-0.15, -0.1) is 0 Å². The first-order chi connectivity index (χ1) is 7.62. The first-order valence-electron chi connectivity index (χ1n) is 5.02. The quantitative estimate of drug-likeness (QED) is 0.529. The van der Waals surface area contributed by atoms with Crippen molar-refractivity contribution in [3.63, 3.8) is 0 Å². The smallest absolute Gasteiger partial charge is 0.342 e. The summed E-state index contributed by atoms with van der Waals surface area (Å²) in [6.07, 6.45) is 1.94. The highest BCUT2D eigenvalue weighted by atomic mass is 32.2. The minimum Gasteiger partial charge on any atom is -0.464 e. The fraction of sp³-hybridized carbons (Fsp3) is 0.667. The number of nitrogens with one attached hydrogen (secondary N) is 1. The van der Waals surface area contributed by atoms with Crippen LogP contribution in [0.3, 0.4) is 0 Å². The van der Waals surface area contributed by atoms with E-state index in [1.807, 2.05) is 11.5 Å². The predicted octanol–water partition coefficient (Wildman–Crippen LogP) is 0.0323. The summed E-state index contributed by atoms with van der Waals surface area (Å²) in [7, 11) is -0.487. The second-order valence-corrected chi connectivity index (χ2v) is 4.70. The van der Waals surface area contributed by atoms with Crippen LogP contribution in [0.15, 0.2) is 16.0 Å². The van der Waals surface area contributed by atoms with Gasteiger partial charge in [-0.05, 0) is 19.3 Å². The Morgan fingerprint density at radius 2 is 2.50 bits per heavy atom. The van der Waals surface area contributed by atoms with Gasteiger partial charge in [0.2, 0.25) is 5.60 Å². The summed E-state index contributed by atoms with van der Waals surface area (Å²) in [4.78, 5) is 16.8. The third-order valence-electron chi connectivity index (χ3n) is 1.99. The molecule has 0 aromatic rings. The van der Waals surface area contributed by atoms with Crippen molar-refractivity contribution in [3.8, 4) is 0 Å². The molecule has 1 heterocycles. The van der Waals surface area contributed by atoms with Gasteiger partial charge < -0.3 is 10.5 Å². The predicted molar refractivity (Wildman–Crippen MR) is 62.1 cm³/mol. The number of nitrogens with two attached hydrogens (primary N) is 1. The van der Waals surface area contributed by atoms with E-state index in [0.29, 0.717) is 6.61 Å². The zero-order chi connectivity index (χ0) is 12.0. The molecule has 3 N–H and O–H groups in total. The molecule has 1 aliphatic heterocycles. The number of hydrogen-bond acceptors (Lipinski definition) is 5. The lowest BCUT2D eigenvalue weighted by molar-refractivity contribution is -0.168. The standard InChI is InChI=1S/C9H17N3O3S/c1-3-14-8(13)9(2,7-10)15-12-16-6-4-5-11-16/h4,6H,3,5,7,10H2,1-2H3,(H,11,12). The highest BCUT2D eigenvalue weighted by molar-refractivity contribution is 7.88. The number of esters is 1. The molecule has 6 nitrogen and oxygen atoms in total. The summed E-state index contributed by atoms with van der Waals surface area (Å²) >= 11 is 0. The molecular formula is C9H17N3O3S. The summed E-state index contributed by atoms with van der Waals surface area (Å²) in [6.45, 7) is 4.37. The van der Waals surface area contributed by atoms with E-state index in [0.717, 1.165) is 6.54 Å². The van der Waals surface area contributed by atoms with Crippen LogP contribution in [0.4, 0.5) is 0 Å². The summed E-state index contributed by atoms with van der Waals surface area (Å²) < 4.78 is 11.8. The highest BCUT2D eigenvalue weighted by Gasteiger charge is 2.35. The van der Waals surface area contributed by atoms with Crippen LogP contribution >= 0.6 is 0 Å². The maximum Gasteiger partial charge on any atom is 0.342 e. The largest absolute Gasteiger partial charge is 0.464 e. The Bertz CT molecular complexity index is 319. The van der Waals surface area contributed by atoms with Gasteiger partial charge >= 0.3 is 5.97 Å². The van der Waals surface area contributed by atoms with E-state index in [9.17, 15) is 4.79 Å². The van der Waals surface area contributed by atoms with E-state index in [2.05, 4.69) is 9.25 Å². The normalized spacial score (nSPS) is 23.3. The van der Waals surface area contributed by atoms with Crippen molar-refractivity contribution in [3.05, 3.63) is 11.5 Å². The summed E-state index contributed by atoms with van der Waals surface area (Å²) in [5.41, 5.74) is 4.29. The SMILES string of the molecule is CCOC(=O)C(C)(CN)O/N=S1\C=CCN1. The fourth-order valence-corrected chi connectivity index (χ4v) is 1.93. The van der Waals surface area contributed by atoms with Gasteiger partial charge in [0.1, 0.15) is 0 Å². The Kier molecular flexibility index (Phi) is 5.07. The van der Waals surface area contributed by atoms with Gasteiger partial charge in [-0.3, -0.25) is 0 Å². The molecular weight excluding hydrogens is 230 g/mol. The minimum absolute atomic E-state index is 0.0241. The lowest BCUT2D eigenvalue weighted by Crippen LogP contribution is -2.45. The van der Waals surface area contributed by atoms with Crippen molar-refractivity contribution in [1.82, 2.24) is 4.72 Å². The van der Waals surface area contributed by atoms with Gasteiger partial charge in [-0.2, -0.15) is 0 Å². The van der Waals surface area contributed by atoms with Crippen molar-refractivity contribution in [2.24, 2.45) is 10.3 Å². The van der Waals surface area contributed by atoms with Gasteiger partial charge in [0.25, 0.3) is 0 Å². The summed E-state index contributed by atoms with van der Waals surface area (Å²) in [5.74, 6) is -0.493. The van der Waals surface area contributed by atoms with Crippen LogP contribution < -0.4 is 10.5 Å². The molecule has 1 rings (SSSR count). The van der Waals surface area contributed by atoms with E-state index in [1.165, 1.54) is 0 Å². The Morgan fingerprint density at radius 1 is 1.75 bits per heavy atom. The molecule has 0 aromatic heterocycles. The average molecular weight is 247 g/mol. The molecule has 0 amide bonds. The first-order valence-corrected chi connectivity index (χ1v) is 6.26. The number of ether oxygens (including phenoxy) is 1. The molecule has 16 heavy (non-hydrogen) atoms. The molecule has 2 atom stereocenters. The molecule has 2 unspecified atom stereocenters. The summed E-state index contributed by atoms with van der Waals surface area (Å²) in [5, 5.41) is 1.88. The van der Waals surface area contributed by atoms with Gasteiger partial charge in [-0.25, -0.2) is 14.4 Å². The van der Waals surface area contributed by atoms with E-state index < -0.39 is 22.4 Å². The van der Waals surface area contributed by atoms with Crippen LogP contribution in [0.2, 0.25) is 0 Å². The van der Waals surface area contributed by atoms with Crippen molar-refractivity contribution in [2.45, 2.75) is 19.4 Å². The molecule has 0 bridgehead atoms. The lowest BCUT2D eigenvalue weighted by Gasteiger charge is -2.22. The van der Waals surface area contributed by atoms with Crippen LogP contribution in [0.1, 0.15) is 13.8 Å². The van der Waals surface area contributed by atoms with Crippen LogP contribution in [0, 0.1) is 0 Å². The zero-order valence-corrected chi connectivity index (χ0v) is 10.3. The highest BCUT2D eigenvalue weighted by Crippen LogP contribution is 2.13. The zero-order valence-electron chi connectivity index (χ0n) is 9.43. The molecule has 0 spiro atoms. The second-order valence-electron chi connectivity index (χ2n) is 3.36. The Labute approximate surface area is 97.4 Å². The van der Waals surface area contributed by atoms with Gasteiger partial charge in [0.15, 0.2) is 0 Å². The lowest BCUT2D eigenvalue weighted by atomic mass is 10.1. The van der Waals surface area contributed by atoms with Gasteiger partial charge in [-0.1, -0.05) is 10.6 Å². The number of hydrogen-bond donors (Lipinski definition) is 2. The summed E-state index contributed by atoms with van der Waals surface area (Å²) in [6, 6.07) is 0. The van der Waals surface area contributed by atoms with Gasteiger partial charge in [0, 0.05) is 24.0 Å². The average Bonchev–Trinajstić information content (AvgIpc) is 2.79. The molecule has 0 aliphatic carbocycles. The maximum absolute atomic E-state index is 11.6. The van der Waals surface area contributed by atoms with Crippen LogP contribution in [-0.4, -0.2) is 31.3 Å². The molecule has 0 aromatic carbocycles. The monoisotopic (exact) mass is 247 g/mol. The van der Waals surface area contributed by atoms with Crippen molar-refractivity contribution in [1.29, 1.82) is 0 Å². The second kappa shape index (κ2) is 6.09. The van der Waals surface area contributed by atoms with Crippen molar-refractivity contribution >= 4 is 16.8 Å². The molecule has 0 saturated carbocycles. The van der Waals surface area contributed by atoms with Gasteiger partial charge in [0.05, 0.1) is 6.61 Å². The van der Waals surface area contributed by atoms with Crippen molar-refractivity contribution in [2.75, 3.05) is 19.7 Å². The topological polar surface area (TPSA) is 85.9 Å². The Balaban J connectivity index is 2.62. The Hall–Kier alpha value is -0.760. The molecule has 0 fully saturated rings. The third kappa shape index (κ3) is 3.38. The fourth-order valence-electron chi connectivity index (χ4n) is 0.936. The number of nitrogens with zero attached hydrogens (tertiary/aromatic N) is 1. The number of carbonyl (C=O) groups excluding carboxylic acids is 1. The number of rotatable bonds is 5. The van der Waals surface area contributed by atoms with Crippen LogP contribution in [0.25, 0.3) is 0 Å². The van der Waals surface area contributed by atoms with E-state index in [4.69, 9.17) is 15.3 Å². The molecule has 7 heteroatoms. The van der Waals surface area contributed by atoms with Crippen molar-refractivity contribution < 1.29 is 14.4 Å². The third-order valence-corrected chi connectivity index (χ3v) is 3.14. The first kappa shape index (κ1) is 13.3. The van der Waals surface area contributed by atoms with E-state index in [1.54, 1.807) is 13.8 Å². The van der Waals surface area contributed by atoms with Crippen LogP contribution in [-0.2, 0) is 25.2 Å².